The fraction of sp³-hybridized carbons (Fsp3) is 1.00. The quantitative estimate of drug-likeness (QED) is 0.424. The lowest BCUT2D eigenvalue weighted by atomic mass is 10.1. The lowest BCUT2D eigenvalue weighted by Crippen LogP contribution is -2.30. The zero-order chi connectivity index (χ0) is 14.5. The first kappa shape index (κ1) is 18.8. The molecule has 0 radical (unpaired) electrons. The number of ether oxygens (including phenoxy) is 1. The summed E-state index contributed by atoms with van der Waals surface area (Å²) in [5.74, 6) is 0. The smallest absolute Gasteiger partial charge is 0.153 e. The zero-order valence-electron chi connectivity index (χ0n) is 12.9. The number of methoxy groups -OCH3 is 1. The lowest BCUT2D eigenvalue weighted by Gasteiger charge is -2.11. The van der Waals surface area contributed by atoms with Gasteiger partial charge in [0.1, 0.15) is 6.23 Å². The maximum absolute atomic E-state index is 9.51. The molecule has 116 valence electrons. The third-order valence-corrected chi connectivity index (χ3v) is 3.21. The van der Waals surface area contributed by atoms with E-state index in [2.05, 4.69) is 17.0 Å². The van der Waals surface area contributed by atoms with Crippen LogP contribution >= 0.6 is 0 Å². The van der Waals surface area contributed by atoms with Gasteiger partial charge in [0, 0.05) is 13.2 Å². The van der Waals surface area contributed by atoms with Gasteiger partial charge < -0.3 is 14.9 Å². The number of nitrogens with one attached hydrogen (secondary N) is 1. The average molecular weight is 275 g/mol. The molecule has 0 amide bonds. The highest BCUT2D eigenvalue weighted by molar-refractivity contribution is 4.81. The second kappa shape index (κ2) is 12.9. The topological polar surface area (TPSA) is 61.7 Å². The van der Waals surface area contributed by atoms with Gasteiger partial charge in [-0.15, -0.1) is 0 Å². The van der Waals surface area contributed by atoms with Crippen LogP contribution in [0.3, 0.4) is 0 Å². The molecule has 0 heterocycles. The Morgan fingerprint density at radius 3 is 2.16 bits per heavy atom. The fourth-order valence-corrected chi connectivity index (χ4v) is 1.71. The Kier molecular flexibility index (Phi) is 12.7. The van der Waals surface area contributed by atoms with Gasteiger partial charge >= 0.3 is 0 Å². The molecule has 2 atom stereocenters. The molecule has 0 aromatic carbocycles. The zero-order valence-corrected chi connectivity index (χ0v) is 12.9. The Balaban J connectivity index is 0.000000459. The van der Waals surface area contributed by atoms with Crippen LogP contribution in [-0.2, 0) is 4.74 Å². The van der Waals surface area contributed by atoms with Crippen LogP contribution in [0.1, 0.15) is 71.6 Å². The molecule has 4 nitrogen and oxygen atoms in total. The monoisotopic (exact) mass is 275 g/mol. The van der Waals surface area contributed by atoms with E-state index < -0.39 is 6.29 Å². The summed E-state index contributed by atoms with van der Waals surface area (Å²) in [6.07, 6.45) is 9.70. The average Bonchev–Trinajstić information content (AvgIpc) is 3.22. The van der Waals surface area contributed by atoms with Crippen molar-refractivity contribution in [2.45, 2.75) is 90.2 Å². The van der Waals surface area contributed by atoms with Crippen molar-refractivity contribution in [3.63, 3.8) is 0 Å². The number of unbranched alkanes of at least 4 members (excludes halogenated alkanes) is 4. The maximum atomic E-state index is 9.51. The lowest BCUT2D eigenvalue weighted by molar-refractivity contribution is -0.0748. The molecule has 1 fully saturated rings. The van der Waals surface area contributed by atoms with E-state index in [-0.39, 0.29) is 6.23 Å². The molecule has 0 aromatic rings. The van der Waals surface area contributed by atoms with E-state index in [0.29, 0.717) is 12.5 Å². The summed E-state index contributed by atoms with van der Waals surface area (Å²) in [4.78, 5) is 0. The van der Waals surface area contributed by atoms with Gasteiger partial charge in [-0.25, -0.2) is 0 Å². The van der Waals surface area contributed by atoms with Crippen LogP contribution in [0.4, 0.5) is 0 Å². The van der Waals surface area contributed by atoms with Crippen LogP contribution < -0.4 is 5.32 Å². The van der Waals surface area contributed by atoms with Crippen molar-refractivity contribution in [2.24, 2.45) is 0 Å². The Morgan fingerprint density at radius 2 is 1.74 bits per heavy atom. The Hall–Kier alpha value is -0.160. The third kappa shape index (κ3) is 14.1. The van der Waals surface area contributed by atoms with E-state index in [1.54, 1.807) is 0 Å². The van der Waals surface area contributed by atoms with Crippen LogP contribution in [0, 0.1) is 0 Å². The molecular formula is C15H33NO3. The molecule has 0 aromatic heterocycles. The summed E-state index contributed by atoms with van der Waals surface area (Å²) in [5.41, 5.74) is 0. The number of aliphatic hydroxyl groups is 2. The molecule has 1 saturated carbocycles. The number of aliphatic hydroxyl groups excluding tert-OH is 2. The van der Waals surface area contributed by atoms with E-state index in [1.165, 1.54) is 52.1 Å². The minimum atomic E-state index is -0.565. The molecule has 2 unspecified atom stereocenters. The molecular weight excluding hydrogens is 242 g/mol. The molecule has 19 heavy (non-hydrogen) atoms. The summed E-state index contributed by atoms with van der Waals surface area (Å²) in [5, 5.41) is 21.1. The highest BCUT2D eigenvalue weighted by Crippen LogP contribution is 2.19. The number of rotatable bonds is 10. The normalized spacial score (nSPS) is 17.5. The Bertz CT molecular complexity index is 182. The van der Waals surface area contributed by atoms with E-state index >= 15 is 0 Å². The summed E-state index contributed by atoms with van der Waals surface area (Å²) in [6.45, 7) is 4.08. The van der Waals surface area contributed by atoms with Gasteiger partial charge in [-0.2, -0.15) is 0 Å². The SMILES string of the molecule is CCC(O)OC.CCCCCCCC(O)NC1CC1. The predicted octanol–water partition coefficient (Wildman–Crippen LogP) is 2.78. The molecule has 0 aliphatic heterocycles. The van der Waals surface area contributed by atoms with Crippen molar-refractivity contribution in [2.75, 3.05) is 7.11 Å². The van der Waals surface area contributed by atoms with E-state index in [4.69, 9.17) is 5.11 Å². The number of hydrogen-bond acceptors (Lipinski definition) is 4. The van der Waals surface area contributed by atoms with Crippen molar-refractivity contribution < 1.29 is 14.9 Å². The van der Waals surface area contributed by atoms with Gasteiger partial charge in [-0.1, -0.05) is 39.5 Å². The van der Waals surface area contributed by atoms with Gasteiger partial charge in [-0.3, -0.25) is 5.32 Å². The van der Waals surface area contributed by atoms with E-state index in [9.17, 15) is 5.11 Å². The first-order valence-corrected chi connectivity index (χ1v) is 7.78. The summed E-state index contributed by atoms with van der Waals surface area (Å²) < 4.78 is 4.45. The van der Waals surface area contributed by atoms with Crippen LogP contribution in [-0.4, -0.2) is 35.9 Å². The molecule has 0 saturated heterocycles. The van der Waals surface area contributed by atoms with Crippen molar-refractivity contribution in [3.05, 3.63) is 0 Å². The molecule has 0 bridgehead atoms. The second-order valence-corrected chi connectivity index (χ2v) is 5.26. The van der Waals surface area contributed by atoms with Crippen molar-refractivity contribution >= 4 is 0 Å². The summed E-state index contributed by atoms with van der Waals surface area (Å²) in [6, 6.07) is 0.630. The molecule has 4 heteroatoms. The summed E-state index contributed by atoms with van der Waals surface area (Å²) >= 11 is 0. The molecule has 1 rings (SSSR count). The molecule has 0 spiro atoms. The van der Waals surface area contributed by atoms with Crippen LogP contribution in [0.2, 0.25) is 0 Å². The molecule has 1 aliphatic carbocycles. The summed E-state index contributed by atoms with van der Waals surface area (Å²) in [7, 11) is 1.48. The largest absolute Gasteiger partial charge is 0.379 e. The fourth-order valence-electron chi connectivity index (χ4n) is 1.71. The van der Waals surface area contributed by atoms with E-state index in [0.717, 1.165) is 6.42 Å². The minimum absolute atomic E-state index is 0.242. The van der Waals surface area contributed by atoms with Crippen molar-refractivity contribution in [1.82, 2.24) is 5.32 Å². The minimum Gasteiger partial charge on any atom is -0.379 e. The van der Waals surface area contributed by atoms with Crippen molar-refractivity contribution in [3.8, 4) is 0 Å². The molecule has 1 aliphatic rings. The van der Waals surface area contributed by atoms with Crippen molar-refractivity contribution in [1.29, 1.82) is 0 Å². The first-order valence-electron chi connectivity index (χ1n) is 7.78. The van der Waals surface area contributed by atoms with Gasteiger partial charge in [0.2, 0.25) is 0 Å². The molecule has 3 N–H and O–H groups in total. The predicted molar refractivity (Wildman–Crippen MR) is 78.8 cm³/mol. The number of hydrogen-bond donors (Lipinski definition) is 3. The maximum Gasteiger partial charge on any atom is 0.153 e. The highest BCUT2D eigenvalue weighted by Gasteiger charge is 2.22. The third-order valence-electron chi connectivity index (χ3n) is 3.21. The first-order chi connectivity index (χ1) is 9.13. The highest BCUT2D eigenvalue weighted by atomic mass is 16.6. The Morgan fingerprint density at radius 1 is 1.11 bits per heavy atom. The van der Waals surface area contributed by atoms with Crippen LogP contribution in [0.15, 0.2) is 0 Å². The van der Waals surface area contributed by atoms with Gasteiger partial charge in [0.05, 0.1) is 0 Å². The second-order valence-electron chi connectivity index (χ2n) is 5.26. The van der Waals surface area contributed by atoms with Gasteiger partial charge in [0.15, 0.2) is 6.29 Å². The standard InChI is InChI=1S/C11H23NO.C4H10O2/c1-2-3-4-5-6-7-11(13)12-10-8-9-10;1-3-4(5)6-2/h10-13H,2-9H2,1H3;4-5H,3H2,1-2H3. The van der Waals surface area contributed by atoms with Crippen LogP contribution in [0.5, 0.6) is 0 Å². The van der Waals surface area contributed by atoms with Gasteiger partial charge in [0.25, 0.3) is 0 Å². The Labute approximate surface area is 118 Å². The van der Waals surface area contributed by atoms with Gasteiger partial charge in [-0.05, 0) is 32.1 Å². The van der Waals surface area contributed by atoms with Crippen LogP contribution in [0.25, 0.3) is 0 Å². The van der Waals surface area contributed by atoms with E-state index in [1.807, 2.05) is 6.92 Å².